The molecule has 0 aromatic heterocycles. The number of ether oxygens (including phenoxy) is 1. The van der Waals surface area contributed by atoms with Crippen LogP contribution in [0.1, 0.15) is 6.42 Å². The zero-order valence-corrected chi connectivity index (χ0v) is 13.9. The maximum absolute atomic E-state index is 11.6. The van der Waals surface area contributed by atoms with E-state index >= 15 is 0 Å². The Morgan fingerprint density at radius 1 is 1.32 bits per heavy atom. The van der Waals surface area contributed by atoms with E-state index in [9.17, 15) is 9.59 Å². The number of carbonyl (C=O) groups is 2. The molecule has 0 unspecified atom stereocenters. The van der Waals surface area contributed by atoms with Gasteiger partial charge in [0, 0.05) is 22.8 Å². The fourth-order valence-electron chi connectivity index (χ4n) is 1.21. The summed E-state index contributed by atoms with van der Waals surface area (Å²) < 4.78 is 6.51. The number of benzene rings is 1. The molecule has 0 aliphatic heterocycles. The summed E-state index contributed by atoms with van der Waals surface area (Å²) in [4.78, 5) is 22.8. The fraction of sp³-hybridized carbons (Fsp3) is 0.273. The summed E-state index contributed by atoms with van der Waals surface area (Å²) in [7, 11) is 1.52. The van der Waals surface area contributed by atoms with E-state index in [1.807, 2.05) is 0 Å². The number of hydrogen-bond donors (Lipinski definition) is 2. The third-order valence-corrected chi connectivity index (χ3v) is 3.53. The van der Waals surface area contributed by atoms with E-state index in [4.69, 9.17) is 16.3 Å². The van der Waals surface area contributed by atoms with Crippen LogP contribution in [0.5, 0.6) is 5.75 Å². The van der Waals surface area contributed by atoms with E-state index in [0.717, 1.165) is 4.47 Å². The Morgan fingerprint density at radius 3 is 2.58 bits per heavy atom. The maximum Gasteiger partial charge on any atom is 0.325 e. The number of rotatable bonds is 4. The average molecular weight is 414 g/mol. The monoisotopic (exact) mass is 412 g/mol. The SMILES string of the molecule is COc1cc(NC(=O)NC(=O)CCCl)c(Br)cc1Br. The Bertz CT molecular complexity index is 497. The van der Waals surface area contributed by atoms with Crippen molar-refractivity contribution >= 4 is 61.1 Å². The number of hydrogen-bond acceptors (Lipinski definition) is 3. The Labute approximate surface area is 132 Å². The molecule has 0 heterocycles. The molecule has 0 fully saturated rings. The molecule has 3 amide bonds. The molecule has 19 heavy (non-hydrogen) atoms. The second-order valence-electron chi connectivity index (χ2n) is 3.41. The summed E-state index contributed by atoms with van der Waals surface area (Å²) in [6, 6.07) is 2.73. The van der Waals surface area contributed by atoms with Crippen LogP contribution in [-0.4, -0.2) is 24.9 Å². The van der Waals surface area contributed by atoms with Crippen molar-refractivity contribution in [2.75, 3.05) is 18.3 Å². The van der Waals surface area contributed by atoms with Crippen LogP contribution in [0.2, 0.25) is 0 Å². The average Bonchev–Trinajstić information content (AvgIpc) is 2.32. The molecule has 0 aliphatic carbocycles. The van der Waals surface area contributed by atoms with Crippen LogP contribution in [0, 0.1) is 0 Å². The minimum atomic E-state index is -0.625. The molecular weight excluding hydrogens is 403 g/mol. The lowest BCUT2D eigenvalue weighted by molar-refractivity contribution is -0.119. The molecule has 104 valence electrons. The molecular formula is C11H11Br2ClN2O3. The van der Waals surface area contributed by atoms with Crippen molar-refractivity contribution < 1.29 is 14.3 Å². The highest BCUT2D eigenvalue weighted by molar-refractivity contribution is 9.11. The number of methoxy groups -OCH3 is 1. The highest BCUT2D eigenvalue weighted by Gasteiger charge is 2.12. The van der Waals surface area contributed by atoms with Crippen molar-refractivity contribution in [1.82, 2.24) is 5.32 Å². The van der Waals surface area contributed by atoms with E-state index in [2.05, 4.69) is 42.5 Å². The summed E-state index contributed by atoms with van der Waals surface area (Å²) >= 11 is 12.0. The maximum atomic E-state index is 11.6. The van der Waals surface area contributed by atoms with E-state index < -0.39 is 11.9 Å². The normalized spacial score (nSPS) is 9.89. The first-order chi connectivity index (χ1) is 8.97. The van der Waals surface area contributed by atoms with Gasteiger partial charge >= 0.3 is 6.03 Å². The van der Waals surface area contributed by atoms with Crippen molar-refractivity contribution in [3.8, 4) is 5.75 Å². The molecule has 5 nitrogen and oxygen atoms in total. The van der Waals surface area contributed by atoms with Crippen molar-refractivity contribution in [2.45, 2.75) is 6.42 Å². The number of halogens is 3. The number of urea groups is 1. The highest BCUT2D eigenvalue weighted by atomic mass is 79.9. The predicted molar refractivity (Wildman–Crippen MR) is 80.9 cm³/mol. The topological polar surface area (TPSA) is 67.4 Å². The molecule has 0 radical (unpaired) electrons. The smallest absolute Gasteiger partial charge is 0.325 e. The van der Waals surface area contributed by atoms with E-state index in [-0.39, 0.29) is 12.3 Å². The van der Waals surface area contributed by atoms with Crippen molar-refractivity contribution in [3.63, 3.8) is 0 Å². The molecule has 8 heteroatoms. The summed E-state index contributed by atoms with van der Waals surface area (Å²) in [5.41, 5.74) is 0.483. The zero-order valence-electron chi connectivity index (χ0n) is 9.93. The second kappa shape index (κ2) is 7.72. The number of amides is 3. The molecule has 2 N–H and O–H groups in total. The van der Waals surface area contributed by atoms with Crippen LogP contribution >= 0.6 is 43.5 Å². The quantitative estimate of drug-likeness (QED) is 0.741. The third-order valence-electron chi connectivity index (χ3n) is 2.06. The highest BCUT2D eigenvalue weighted by Crippen LogP contribution is 2.34. The van der Waals surface area contributed by atoms with Gasteiger partial charge in [0.05, 0.1) is 17.3 Å². The first-order valence-corrected chi connectivity index (χ1v) is 7.29. The molecule has 0 saturated heterocycles. The van der Waals surface area contributed by atoms with Crippen molar-refractivity contribution in [1.29, 1.82) is 0 Å². The number of nitrogens with one attached hydrogen (secondary N) is 2. The van der Waals surface area contributed by atoms with Crippen LogP contribution in [0.4, 0.5) is 10.5 Å². The van der Waals surface area contributed by atoms with Gasteiger partial charge in [0.2, 0.25) is 5.91 Å². The van der Waals surface area contributed by atoms with Crippen molar-refractivity contribution in [3.05, 3.63) is 21.1 Å². The lowest BCUT2D eigenvalue weighted by Gasteiger charge is -2.11. The van der Waals surface area contributed by atoms with Gasteiger partial charge in [-0.25, -0.2) is 4.79 Å². The number of imide groups is 1. The van der Waals surface area contributed by atoms with Gasteiger partial charge in [-0.05, 0) is 37.9 Å². The van der Waals surface area contributed by atoms with Gasteiger partial charge in [0.15, 0.2) is 0 Å². The first kappa shape index (κ1) is 16.3. The lowest BCUT2D eigenvalue weighted by atomic mass is 10.3. The Kier molecular flexibility index (Phi) is 6.60. The Morgan fingerprint density at radius 2 is 2.00 bits per heavy atom. The zero-order chi connectivity index (χ0) is 14.4. The molecule has 1 aromatic carbocycles. The predicted octanol–water partition coefficient (Wildman–Crippen LogP) is 3.50. The van der Waals surface area contributed by atoms with Crippen LogP contribution < -0.4 is 15.4 Å². The van der Waals surface area contributed by atoms with E-state index in [0.29, 0.717) is 15.9 Å². The summed E-state index contributed by atoms with van der Waals surface area (Å²) in [5.74, 6) is 0.285. The minimum absolute atomic E-state index is 0.0831. The largest absolute Gasteiger partial charge is 0.495 e. The number of alkyl halides is 1. The van der Waals surface area contributed by atoms with Crippen molar-refractivity contribution in [2.24, 2.45) is 0 Å². The van der Waals surface area contributed by atoms with Gasteiger partial charge in [-0.2, -0.15) is 0 Å². The Hall–Kier alpha value is -0.790. The minimum Gasteiger partial charge on any atom is -0.495 e. The summed E-state index contributed by atoms with van der Waals surface area (Å²) in [6.45, 7) is 0. The van der Waals surface area contributed by atoms with Crippen LogP contribution in [0.3, 0.4) is 0 Å². The molecule has 0 saturated carbocycles. The van der Waals surface area contributed by atoms with Gasteiger partial charge < -0.3 is 10.1 Å². The Balaban J connectivity index is 2.76. The molecule has 0 atom stereocenters. The lowest BCUT2D eigenvalue weighted by Crippen LogP contribution is -2.34. The van der Waals surface area contributed by atoms with Crippen LogP contribution in [0.15, 0.2) is 21.1 Å². The standard InChI is InChI=1S/C11H11Br2ClN2O3/c1-19-9-5-8(6(12)4-7(9)13)15-11(18)16-10(17)2-3-14/h4-5H,2-3H2,1H3,(H2,15,16,17,18). The van der Waals surface area contributed by atoms with Gasteiger partial charge in [-0.1, -0.05) is 0 Å². The van der Waals surface area contributed by atoms with E-state index in [1.165, 1.54) is 7.11 Å². The molecule has 0 spiro atoms. The summed E-state index contributed by atoms with van der Waals surface area (Å²) in [6.07, 6.45) is 0.0831. The van der Waals surface area contributed by atoms with Gasteiger partial charge in [-0.3, -0.25) is 10.1 Å². The second-order valence-corrected chi connectivity index (χ2v) is 5.49. The first-order valence-electron chi connectivity index (χ1n) is 5.17. The number of anilines is 1. The van der Waals surface area contributed by atoms with Gasteiger partial charge in [0.25, 0.3) is 0 Å². The van der Waals surface area contributed by atoms with Crippen LogP contribution in [0.25, 0.3) is 0 Å². The number of carbonyl (C=O) groups excluding carboxylic acids is 2. The molecule has 0 aliphatic rings. The van der Waals surface area contributed by atoms with E-state index in [1.54, 1.807) is 12.1 Å². The molecule has 1 rings (SSSR count). The molecule has 1 aromatic rings. The van der Waals surface area contributed by atoms with Gasteiger partial charge in [-0.15, -0.1) is 11.6 Å². The summed E-state index contributed by atoms with van der Waals surface area (Å²) in [5, 5.41) is 4.70. The fourth-order valence-corrected chi connectivity index (χ4v) is 2.64. The molecule has 0 bridgehead atoms. The van der Waals surface area contributed by atoms with Crippen LogP contribution in [-0.2, 0) is 4.79 Å². The van der Waals surface area contributed by atoms with Gasteiger partial charge in [0.1, 0.15) is 5.75 Å². The third kappa shape index (κ3) is 5.00.